The monoisotopic (exact) mass is 1020 g/mol. The minimum absolute atomic E-state index is 0.0141. The van der Waals surface area contributed by atoms with Crippen LogP contribution in [0.25, 0.3) is 0 Å². The van der Waals surface area contributed by atoms with Gasteiger partial charge in [0, 0.05) is 48.4 Å². The minimum atomic E-state index is -4.30. The molecule has 0 aliphatic carbocycles. The minimum Gasteiger partial charge on any atom is -0.497 e. The van der Waals surface area contributed by atoms with E-state index in [4.69, 9.17) is 32.7 Å². The molecule has 1 aliphatic heterocycles. The Hall–Kier alpha value is -6.65. The number of benzene rings is 5. The third kappa shape index (κ3) is 12.6. The van der Waals surface area contributed by atoms with Gasteiger partial charge in [-0.1, -0.05) is 72.8 Å². The summed E-state index contributed by atoms with van der Waals surface area (Å²) in [6.07, 6.45) is -1.47. The van der Waals surface area contributed by atoms with Gasteiger partial charge in [0.15, 0.2) is 0 Å². The summed E-state index contributed by atoms with van der Waals surface area (Å²) in [5, 5.41) is 2.70. The predicted molar refractivity (Wildman–Crippen MR) is 279 cm³/mol. The summed E-state index contributed by atoms with van der Waals surface area (Å²) in [5.41, 5.74) is 1.21. The van der Waals surface area contributed by atoms with Crippen molar-refractivity contribution >= 4 is 25.4 Å². The maximum Gasteiger partial charge on any atom is 0.409 e. The normalized spacial score (nSPS) is 16.6. The van der Waals surface area contributed by atoms with Gasteiger partial charge in [-0.15, -0.1) is 0 Å². The van der Waals surface area contributed by atoms with Crippen molar-refractivity contribution in [2.45, 2.75) is 90.1 Å². The van der Waals surface area contributed by atoms with E-state index in [0.29, 0.717) is 28.4 Å². The predicted octanol–water partition coefficient (Wildman–Crippen LogP) is 10.00. The summed E-state index contributed by atoms with van der Waals surface area (Å²) in [4.78, 5) is 46.7. The number of anilines is 1. The second-order valence-electron chi connectivity index (χ2n) is 18.3. The van der Waals surface area contributed by atoms with Crippen molar-refractivity contribution in [3.63, 3.8) is 0 Å². The zero-order valence-corrected chi connectivity index (χ0v) is 43.8. The fourth-order valence-electron chi connectivity index (χ4n) is 9.13. The van der Waals surface area contributed by atoms with Crippen molar-refractivity contribution in [2.75, 3.05) is 46.4 Å². The summed E-state index contributed by atoms with van der Waals surface area (Å²) < 4.78 is 62.8. The molecule has 6 aromatic rings. The molecule has 73 heavy (non-hydrogen) atoms. The van der Waals surface area contributed by atoms with Crippen LogP contribution in [0.2, 0.25) is 0 Å². The zero-order chi connectivity index (χ0) is 52.3. The lowest BCUT2D eigenvalue weighted by molar-refractivity contribution is -0.0938. The van der Waals surface area contributed by atoms with Gasteiger partial charge in [0.05, 0.1) is 34.5 Å². The number of nitrogens with zero attached hydrogens (tertiary/aromatic N) is 4. The van der Waals surface area contributed by atoms with E-state index in [0.717, 1.165) is 16.7 Å². The highest BCUT2D eigenvalue weighted by Gasteiger charge is 2.48. The highest BCUT2D eigenvalue weighted by Crippen LogP contribution is 2.57. The lowest BCUT2D eigenvalue weighted by atomic mass is 9.80. The lowest BCUT2D eigenvalue weighted by Crippen LogP contribution is -2.42. The van der Waals surface area contributed by atoms with Crippen molar-refractivity contribution in [1.82, 2.24) is 19.1 Å². The number of ether oxygens (including phenoxy) is 5. The molecule has 0 saturated carbocycles. The molecule has 1 aliphatic rings. The third-order valence-electron chi connectivity index (χ3n) is 12.7. The number of methoxy groups -OCH3 is 3. The van der Waals surface area contributed by atoms with Crippen LogP contribution >= 0.6 is 7.75 Å². The smallest absolute Gasteiger partial charge is 0.409 e. The van der Waals surface area contributed by atoms with Crippen molar-refractivity contribution in [2.24, 2.45) is 0 Å². The van der Waals surface area contributed by atoms with Gasteiger partial charge in [-0.2, -0.15) is 4.98 Å². The van der Waals surface area contributed by atoms with Gasteiger partial charge < -0.3 is 33.9 Å². The Morgan fingerprint density at radius 3 is 1.74 bits per heavy atom. The van der Waals surface area contributed by atoms with E-state index in [1.165, 1.54) is 16.8 Å². The molecule has 2 amide bonds. The Bertz CT molecular complexity index is 2790. The Morgan fingerprint density at radius 1 is 0.712 bits per heavy atom. The Labute approximate surface area is 427 Å². The van der Waals surface area contributed by atoms with Crippen LogP contribution in [0.5, 0.6) is 17.2 Å². The number of nitrogens with one attached hydrogen (secondary N) is 1. The molecule has 0 radical (unpaired) electrons. The van der Waals surface area contributed by atoms with E-state index in [1.807, 2.05) is 120 Å². The summed E-state index contributed by atoms with van der Waals surface area (Å²) in [6, 6.07) is 41.1. The van der Waals surface area contributed by atoms with Crippen molar-refractivity contribution in [3.05, 3.63) is 184 Å². The molecule has 5 aromatic carbocycles. The molecule has 4 atom stereocenters. The second-order valence-corrected chi connectivity index (χ2v) is 20.2. The number of carbonyl (C=O) groups excluding carboxylic acids is 2. The molecular weight excluding hydrogens is 950 g/mol. The molecule has 0 spiro atoms. The maximum atomic E-state index is 15.8. The number of aromatic nitrogens is 2. The van der Waals surface area contributed by atoms with Crippen LogP contribution in [0, 0.1) is 0 Å². The first kappa shape index (κ1) is 54.1. The van der Waals surface area contributed by atoms with E-state index in [-0.39, 0.29) is 56.0 Å². The van der Waals surface area contributed by atoms with E-state index in [9.17, 15) is 14.4 Å². The van der Waals surface area contributed by atoms with E-state index >= 15 is 4.57 Å². The molecule has 16 nitrogen and oxygen atoms in total. The molecule has 17 heteroatoms. The van der Waals surface area contributed by atoms with Gasteiger partial charge in [0.2, 0.25) is 0 Å². The molecule has 1 fully saturated rings. The first-order valence-electron chi connectivity index (χ1n) is 24.4. The number of rotatable bonds is 23. The fraction of sp³-hybridized carbons (Fsp3) is 0.357. The highest BCUT2D eigenvalue weighted by atomic mass is 31.2. The van der Waals surface area contributed by atoms with Crippen molar-refractivity contribution < 1.29 is 46.9 Å². The van der Waals surface area contributed by atoms with E-state index in [2.05, 4.69) is 10.3 Å². The van der Waals surface area contributed by atoms with E-state index in [1.54, 1.807) is 85.5 Å². The Kier molecular flexibility index (Phi) is 18.1. The van der Waals surface area contributed by atoms with Crippen LogP contribution in [-0.4, -0.2) is 102 Å². The summed E-state index contributed by atoms with van der Waals surface area (Å²) in [6.45, 7) is 11.2. The van der Waals surface area contributed by atoms with Crippen LogP contribution < -0.4 is 25.2 Å². The van der Waals surface area contributed by atoms with Crippen LogP contribution in [0.15, 0.2) is 151 Å². The number of hydrogen-bond acceptors (Lipinski definition) is 12. The van der Waals surface area contributed by atoms with Crippen LogP contribution in [0.1, 0.15) is 91.6 Å². The molecule has 1 N–H and O–H groups in total. The number of carbonyl (C=O) groups is 2. The van der Waals surface area contributed by atoms with Gasteiger partial charge in [-0.3, -0.25) is 23.2 Å². The molecule has 0 bridgehead atoms. The number of amides is 2. The van der Waals surface area contributed by atoms with Gasteiger partial charge in [0.25, 0.3) is 11.8 Å². The van der Waals surface area contributed by atoms with Crippen LogP contribution in [-0.2, 0) is 28.7 Å². The molecule has 1 unspecified atom stereocenters. The zero-order valence-electron chi connectivity index (χ0n) is 42.9. The van der Waals surface area contributed by atoms with Crippen molar-refractivity contribution in [1.29, 1.82) is 0 Å². The van der Waals surface area contributed by atoms with Crippen LogP contribution in [0.3, 0.4) is 0 Å². The van der Waals surface area contributed by atoms with Gasteiger partial charge >= 0.3 is 13.4 Å². The van der Waals surface area contributed by atoms with Crippen molar-refractivity contribution in [3.8, 4) is 17.2 Å². The third-order valence-corrected chi connectivity index (χ3v) is 15.2. The Balaban J connectivity index is 1.27. The first-order chi connectivity index (χ1) is 35.1. The quantitative estimate of drug-likeness (QED) is 0.0476. The molecule has 1 aromatic heterocycles. The SMILES string of the molecule is COc1ccc(C(=O)N(CCOP(=O)(O[C@H]2C[C@H](n3ccc(NC(=O)c4ccccc4)nc3=O)O[C@@H]2COC(c2ccccc2)(c2ccc(OC)cc2)c2ccc(OC)cc2)N(C(C)C)C(C)C)C(C)C)cc1. The Morgan fingerprint density at radius 2 is 1.23 bits per heavy atom. The average molecular weight is 1020 g/mol. The molecular formula is C56H66N5O11P. The molecule has 386 valence electrons. The van der Waals surface area contributed by atoms with Crippen LogP contribution in [0.4, 0.5) is 5.82 Å². The first-order valence-corrected chi connectivity index (χ1v) is 25.9. The standard InChI is InChI=1S/C56H66N5O11P/c1-38(2)59(54(63)42-20-26-46(66-7)27-21-42)34-35-70-73(65,61(39(3)4)40(5)6)72-49-36-52(60-33-32-51(58-55(60)64)57-53(62)41-16-12-10-13-17-41)71-50(49)37-69-56(43-18-14-11-15-19-43,44-22-28-47(67-8)29-23-44)45-24-30-48(68-9)31-25-45/h10-33,38-40,49-50,52H,34-37H2,1-9H3,(H,57,58,62,64)/t49-,50+,52+,73?/m0/s1. The van der Waals surface area contributed by atoms with Gasteiger partial charge in [-0.25, -0.2) is 14.0 Å². The largest absolute Gasteiger partial charge is 0.497 e. The van der Waals surface area contributed by atoms with Gasteiger partial charge in [0.1, 0.15) is 47.1 Å². The average Bonchev–Trinajstić information content (AvgIpc) is 3.79. The fourth-order valence-corrected chi connectivity index (χ4v) is 11.4. The maximum absolute atomic E-state index is 15.8. The molecule has 1 saturated heterocycles. The number of hydrogen-bond donors (Lipinski definition) is 1. The van der Waals surface area contributed by atoms with E-state index < -0.39 is 43.4 Å². The summed E-state index contributed by atoms with van der Waals surface area (Å²) in [5.74, 6) is 1.31. The lowest BCUT2D eigenvalue weighted by Gasteiger charge is -2.39. The van der Waals surface area contributed by atoms with Gasteiger partial charge in [-0.05, 0) is 125 Å². The molecule has 2 heterocycles. The molecule has 7 rings (SSSR count). The summed E-state index contributed by atoms with van der Waals surface area (Å²) in [7, 11) is 0.469. The topological polar surface area (TPSA) is 169 Å². The summed E-state index contributed by atoms with van der Waals surface area (Å²) >= 11 is 0. The highest BCUT2D eigenvalue weighted by molar-refractivity contribution is 7.51. The second kappa shape index (κ2) is 24.4.